The van der Waals surface area contributed by atoms with Gasteiger partial charge in [0.2, 0.25) is 5.91 Å². The zero-order valence-electron chi connectivity index (χ0n) is 13.4. The Hall–Kier alpha value is -1.59. The minimum atomic E-state index is -0.484. The van der Waals surface area contributed by atoms with Crippen molar-refractivity contribution in [1.82, 2.24) is 5.32 Å². The van der Waals surface area contributed by atoms with Crippen LogP contribution in [0.5, 0.6) is 5.75 Å². The third-order valence-electron chi connectivity index (χ3n) is 4.23. The Morgan fingerprint density at radius 2 is 2.00 bits per heavy atom. The Morgan fingerprint density at radius 3 is 2.59 bits per heavy atom. The highest BCUT2D eigenvalue weighted by atomic mass is 16.5. The fourth-order valence-corrected chi connectivity index (χ4v) is 2.60. The molecule has 0 aromatic heterocycles. The molecule has 2 rings (SSSR count). The first-order valence-electron chi connectivity index (χ1n) is 7.85. The van der Waals surface area contributed by atoms with Crippen molar-refractivity contribution < 1.29 is 14.3 Å². The van der Waals surface area contributed by atoms with E-state index in [2.05, 4.69) is 5.32 Å². The van der Waals surface area contributed by atoms with Crippen molar-refractivity contribution in [1.29, 1.82) is 0 Å². The molecular weight excluding hydrogens is 280 g/mol. The van der Waals surface area contributed by atoms with Crippen LogP contribution in [0.2, 0.25) is 0 Å². The van der Waals surface area contributed by atoms with Gasteiger partial charge in [0.25, 0.3) is 0 Å². The van der Waals surface area contributed by atoms with Gasteiger partial charge >= 0.3 is 0 Å². The van der Waals surface area contributed by atoms with Crippen LogP contribution in [0, 0.1) is 12.3 Å². The van der Waals surface area contributed by atoms with Crippen LogP contribution in [0.15, 0.2) is 24.3 Å². The molecule has 1 unspecified atom stereocenters. The van der Waals surface area contributed by atoms with Gasteiger partial charge in [0.15, 0.2) is 0 Å². The molecule has 3 N–H and O–H groups in total. The summed E-state index contributed by atoms with van der Waals surface area (Å²) in [5.74, 6) is 0.824. The van der Waals surface area contributed by atoms with Crippen molar-refractivity contribution in [3.05, 3.63) is 29.8 Å². The number of nitrogens with one attached hydrogen (secondary N) is 1. The van der Waals surface area contributed by atoms with Gasteiger partial charge in [-0.15, -0.1) is 0 Å². The molecule has 1 aliphatic rings. The summed E-state index contributed by atoms with van der Waals surface area (Å²) < 4.78 is 11.1. The Labute approximate surface area is 132 Å². The van der Waals surface area contributed by atoms with Crippen LogP contribution in [0.1, 0.15) is 25.3 Å². The van der Waals surface area contributed by atoms with E-state index < -0.39 is 5.41 Å². The number of hydrogen-bond acceptors (Lipinski definition) is 4. The normalized spacial score (nSPS) is 18.5. The third kappa shape index (κ3) is 4.21. The zero-order chi connectivity index (χ0) is 16.0. The maximum Gasteiger partial charge on any atom is 0.227 e. The Kier molecular flexibility index (Phi) is 5.80. The van der Waals surface area contributed by atoms with E-state index in [1.54, 1.807) is 0 Å². The van der Waals surface area contributed by atoms with Crippen LogP contribution in [-0.2, 0) is 9.53 Å². The summed E-state index contributed by atoms with van der Waals surface area (Å²) in [5.41, 5.74) is 6.54. The Bertz CT molecular complexity index is 481. The minimum Gasteiger partial charge on any atom is -0.489 e. The summed E-state index contributed by atoms with van der Waals surface area (Å²) in [6, 6.07) is 7.89. The number of benzene rings is 1. The van der Waals surface area contributed by atoms with E-state index in [1.165, 1.54) is 5.56 Å². The van der Waals surface area contributed by atoms with Gasteiger partial charge in [-0.25, -0.2) is 0 Å². The SMILES string of the molecule is Cc1ccc(OC(C)CNC(=O)C2(CN)CCOCC2)cc1. The van der Waals surface area contributed by atoms with Gasteiger partial charge in [0.1, 0.15) is 11.9 Å². The van der Waals surface area contributed by atoms with Crippen molar-refractivity contribution in [2.45, 2.75) is 32.8 Å². The predicted molar refractivity (Wildman–Crippen MR) is 85.8 cm³/mol. The molecular formula is C17H26N2O3. The second kappa shape index (κ2) is 7.61. The fraction of sp³-hybridized carbons (Fsp3) is 0.588. The average molecular weight is 306 g/mol. The average Bonchev–Trinajstić information content (AvgIpc) is 2.55. The molecule has 1 atom stereocenters. The molecule has 1 fully saturated rings. The molecule has 1 aliphatic heterocycles. The maximum atomic E-state index is 12.5. The lowest BCUT2D eigenvalue weighted by Crippen LogP contribution is -2.50. The van der Waals surface area contributed by atoms with Crippen molar-refractivity contribution in [3.8, 4) is 5.75 Å². The molecule has 1 saturated heterocycles. The largest absolute Gasteiger partial charge is 0.489 e. The second-order valence-electron chi connectivity index (χ2n) is 6.05. The summed E-state index contributed by atoms with van der Waals surface area (Å²) in [5, 5.41) is 2.98. The van der Waals surface area contributed by atoms with Gasteiger partial charge in [0, 0.05) is 19.8 Å². The number of rotatable bonds is 6. The molecule has 0 bridgehead atoms. The standard InChI is InChI=1S/C17H26N2O3/c1-13-3-5-15(6-4-13)22-14(2)11-19-16(20)17(12-18)7-9-21-10-8-17/h3-6,14H,7-12,18H2,1-2H3,(H,19,20). The van der Waals surface area contributed by atoms with Gasteiger partial charge in [-0.1, -0.05) is 17.7 Å². The number of ether oxygens (including phenoxy) is 2. The van der Waals surface area contributed by atoms with E-state index in [1.807, 2.05) is 38.1 Å². The number of carbonyl (C=O) groups excluding carboxylic acids is 1. The van der Waals surface area contributed by atoms with Crippen LogP contribution in [0.25, 0.3) is 0 Å². The van der Waals surface area contributed by atoms with Gasteiger partial charge < -0.3 is 20.5 Å². The fourth-order valence-electron chi connectivity index (χ4n) is 2.60. The maximum absolute atomic E-state index is 12.5. The quantitative estimate of drug-likeness (QED) is 0.838. The molecule has 1 aromatic carbocycles. The molecule has 22 heavy (non-hydrogen) atoms. The Balaban J connectivity index is 1.83. The minimum absolute atomic E-state index is 0.0117. The van der Waals surface area contributed by atoms with E-state index in [-0.39, 0.29) is 12.0 Å². The number of carbonyl (C=O) groups is 1. The summed E-state index contributed by atoms with van der Waals surface area (Å²) in [4.78, 5) is 12.5. The van der Waals surface area contributed by atoms with Gasteiger partial charge in [-0.3, -0.25) is 4.79 Å². The molecule has 1 amide bonds. The molecule has 0 saturated carbocycles. The number of hydrogen-bond donors (Lipinski definition) is 2. The lowest BCUT2D eigenvalue weighted by Gasteiger charge is -2.34. The smallest absolute Gasteiger partial charge is 0.227 e. The highest BCUT2D eigenvalue weighted by molar-refractivity contribution is 5.83. The molecule has 1 heterocycles. The van der Waals surface area contributed by atoms with E-state index in [0.717, 1.165) is 5.75 Å². The van der Waals surface area contributed by atoms with Crippen molar-refractivity contribution in [2.24, 2.45) is 11.1 Å². The van der Waals surface area contributed by atoms with Crippen molar-refractivity contribution in [2.75, 3.05) is 26.3 Å². The van der Waals surface area contributed by atoms with Gasteiger partial charge in [0.05, 0.1) is 12.0 Å². The summed E-state index contributed by atoms with van der Waals surface area (Å²) in [6.07, 6.45) is 1.27. The van der Waals surface area contributed by atoms with E-state index in [0.29, 0.717) is 39.1 Å². The lowest BCUT2D eigenvalue weighted by atomic mass is 9.79. The van der Waals surface area contributed by atoms with Crippen LogP contribution >= 0.6 is 0 Å². The predicted octanol–water partition coefficient (Wildman–Crippen LogP) is 1.63. The summed E-state index contributed by atoms with van der Waals surface area (Å²) in [6.45, 7) is 6.00. The van der Waals surface area contributed by atoms with Crippen molar-refractivity contribution >= 4 is 5.91 Å². The molecule has 0 spiro atoms. The molecule has 0 radical (unpaired) electrons. The lowest BCUT2D eigenvalue weighted by molar-refractivity contribution is -0.136. The van der Waals surface area contributed by atoms with Gasteiger partial charge in [-0.05, 0) is 38.8 Å². The summed E-state index contributed by atoms with van der Waals surface area (Å²) in [7, 11) is 0. The Morgan fingerprint density at radius 1 is 1.36 bits per heavy atom. The zero-order valence-corrected chi connectivity index (χ0v) is 13.4. The van der Waals surface area contributed by atoms with Crippen LogP contribution in [-0.4, -0.2) is 38.3 Å². The molecule has 1 aromatic rings. The molecule has 5 heteroatoms. The van der Waals surface area contributed by atoms with Crippen LogP contribution in [0.3, 0.4) is 0 Å². The highest BCUT2D eigenvalue weighted by Gasteiger charge is 2.38. The highest BCUT2D eigenvalue weighted by Crippen LogP contribution is 2.29. The third-order valence-corrected chi connectivity index (χ3v) is 4.23. The first-order valence-corrected chi connectivity index (χ1v) is 7.85. The molecule has 5 nitrogen and oxygen atoms in total. The van der Waals surface area contributed by atoms with Gasteiger partial charge in [-0.2, -0.15) is 0 Å². The van der Waals surface area contributed by atoms with Crippen molar-refractivity contribution in [3.63, 3.8) is 0 Å². The van der Waals surface area contributed by atoms with Crippen LogP contribution < -0.4 is 15.8 Å². The van der Waals surface area contributed by atoms with E-state index in [9.17, 15) is 4.79 Å². The second-order valence-corrected chi connectivity index (χ2v) is 6.05. The monoisotopic (exact) mass is 306 g/mol. The van der Waals surface area contributed by atoms with E-state index >= 15 is 0 Å². The summed E-state index contributed by atoms with van der Waals surface area (Å²) >= 11 is 0. The number of aryl methyl sites for hydroxylation is 1. The topological polar surface area (TPSA) is 73.6 Å². The molecule has 0 aliphatic carbocycles. The number of amides is 1. The van der Waals surface area contributed by atoms with E-state index in [4.69, 9.17) is 15.2 Å². The molecule has 122 valence electrons. The number of nitrogens with two attached hydrogens (primary N) is 1. The first-order chi connectivity index (χ1) is 10.6. The first kappa shape index (κ1) is 16.8. The van der Waals surface area contributed by atoms with Crippen LogP contribution in [0.4, 0.5) is 0 Å².